The lowest BCUT2D eigenvalue weighted by atomic mass is 9.71. The summed E-state index contributed by atoms with van der Waals surface area (Å²) in [5.41, 5.74) is 1.76. The fourth-order valence-corrected chi connectivity index (χ4v) is 4.00. The zero-order chi connectivity index (χ0) is 17.7. The number of hydrogen-bond donors (Lipinski definition) is 2. The minimum Gasteiger partial charge on any atom is -0.462 e. The van der Waals surface area contributed by atoms with Crippen molar-refractivity contribution in [2.24, 2.45) is 11.3 Å². The number of anilines is 1. The lowest BCUT2D eigenvalue weighted by Gasteiger charge is -2.39. The van der Waals surface area contributed by atoms with Gasteiger partial charge in [0.2, 0.25) is 0 Å². The third kappa shape index (κ3) is 5.48. The number of carbonyl (C=O) groups is 1. The second kappa shape index (κ2) is 7.97. The zero-order valence-electron chi connectivity index (χ0n) is 15.0. The molecule has 1 aliphatic rings. The van der Waals surface area contributed by atoms with Gasteiger partial charge in [0.05, 0.1) is 12.2 Å². The average molecular weight is 349 g/mol. The molecule has 5 heteroatoms. The lowest BCUT2D eigenvalue weighted by molar-refractivity contribution is 0.0526. The Balaban J connectivity index is 1.89. The highest BCUT2D eigenvalue weighted by atomic mass is 32.1. The first-order valence-electron chi connectivity index (χ1n) is 8.64. The van der Waals surface area contributed by atoms with Crippen molar-refractivity contribution >= 4 is 29.0 Å². The number of rotatable bonds is 4. The largest absolute Gasteiger partial charge is 0.462 e. The molecule has 0 aliphatic heterocycles. The molecule has 24 heavy (non-hydrogen) atoms. The van der Waals surface area contributed by atoms with Crippen LogP contribution in [-0.2, 0) is 4.74 Å². The standard InChI is InChI=1S/C19H28N2O2S/c1-5-23-17(22)14-6-8-15(9-7-14)20-18(24)21-16-10-13(2)11-19(3,4)12-16/h6-9,13,16H,5,10-12H2,1-4H3,(H2,20,21,24). The molecule has 0 saturated heterocycles. The van der Waals surface area contributed by atoms with E-state index < -0.39 is 0 Å². The molecule has 132 valence electrons. The highest BCUT2D eigenvalue weighted by Gasteiger charge is 2.32. The van der Waals surface area contributed by atoms with Gasteiger partial charge in [-0.1, -0.05) is 20.8 Å². The van der Waals surface area contributed by atoms with E-state index in [0.29, 0.717) is 34.7 Å². The summed E-state index contributed by atoms with van der Waals surface area (Å²) < 4.78 is 4.98. The second-order valence-corrected chi connectivity index (χ2v) is 7.91. The molecule has 4 nitrogen and oxygen atoms in total. The van der Waals surface area contributed by atoms with Crippen molar-refractivity contribution in [3.63, 3.8) is 0 Å². The van der Waals surface area contributed by atoms with Gasteiger partial charge in [-0.15, -0.1) is 0 Å². The van der Waals surface area contributed by atoms with Crippen LogP contribution < -0.4 is 10.6 Å². The van der Waals surface area contributed by atoms with Gasteiger partial charge in [-0.05, 0) is 74.0 Å². The minimum atomic E-state index is -0.303. The molecule has 0 radical (unpaired) electrons. The number of thiocarbonyl (C=S) groups is 1. The first-order valence-corrected chi connectivity index (χ1v) is 9.04. The predicted octanol–water partition coefficient (Wildman–Crippen LogP) is 4.36. The van der Waals surface area contributed by atoms with Crippen LogP contribution in [-0.4, -0.2) is 23.7 Å². The summed E-state index contributed by atoms with van der Waals surface area (Å²) in [5.74, 6) is 0.404. The lowest BCUT2D eigenvalue weighted by Crippen LogP contribution is -2.44. The Morgan fingerprint density at radius 2 is 1.96 bits per heavy atom. The first kappa shape index (κ1) is 18.7. The molecule has 0 spiro atoms. The van der Waals surface area contributed by atoms with E-state index in [1.165, 1.54) is 6.42 Å². The zero-order valence-corrected chi connectivity index (χ0v) is 15.8. The van der Waals surface area contributed by atoms with Crippen molar-refractivity contribution < 1.29 is 9.53 Å². The van der Waals surface area contributed by atoms with Gasteiger partial charge in [0.25, 0.3) is 0 Å². The molecule has 1 aromatic carbocycles. The average Bonchev–Trinajstić information content (AvgIpc) is 2.45. The Labute approximate surface area is 150 Å². The maximum Gasteiger partial charge on any atom is 0.338 e. The highest BCUT2D eigenvalue weighted by Crippen LogP contribution is 2.38. The topological polar surface area (TPSA) is 50.4 Å². The Morgan fingerprint density at radius 3 is 2.54 bits per heavy atom. The summed E-state index contributed by atoms with van der Waals surface area (Å²) in [6, 6.07) is 7.58. The minimum absolute atomic E-state index is 0.303. The van der Waals surface area contributed by atoms with Gasteiger partial charge in [0, 0.05) is 11.7 Å². The number of esters is 1. The van der Waals surface area contributed by atoms with Crippen molar-refractivity contribution in [3.8, 4) is 0 Å². The molecule has 0 bridgehead atoms. The van der Waals surface area contributed by atoms with Gasteiger partial charge in [-0.3, -0.25) is 0 Å². The molecule has 2 N–H and O–H groups in total. The third-order valence-corrected chi connectivity index (χ3v) is 4.60. The first-order chi connectivity index (χ1) is 11.3. The molecule has 0 amide bonds. The summed E-state index contributed by atoms with van der Waals surface area (Å²) in [5, 5.41) is 7.27. The second-order valence-electron chi connectivity index (χ2n) is 7.51. The Bertz CT molecular complexity index is 584. The van der Waals surface area contributed by atoms with Gasteiger partial charge < -0.3 is 15.4 Å². The number of hydrogen-bond acceptors (Lipinski definition) is 3. The van der Waals surface area contributed by atoms with Crippen molar-refractivity contribution in [1.82, 2.24) is 5.32 Å². The molecule has 0 aromatic heterocycles. The van der Waals surface area contributed by atoms with Gasteiger partial charge >= 0.3 is 5.97 Å². The van der Waals surface area contributed by atoms with Gasteiger partial charge in [-0.25, -0.2) is 4.79 Å². The van der Waals surface area contributed by atoms with Crippen molar-refractivity contribution in [2.75, 3.05) is 11.9 Å². The fraction of sp³-hybridized carbons (Fsp3) is 0.579. The summed E-state index contributed by atoms with van der Waals surface area (Å²) in [4.78, 5) is 11.7. The van der Waals surface area contributed by atoms with Gasteiger partial charge in [0.15, 0.2) is 5.11 Å². The molecular formula is C19H28N2O2S. The smallest absolute Gasteiger partial charge is 0.338 e. The van der Waals surface area contributed by atoms with Crippen molar-refractivity contribution in [3.05, 3.63) is 29.8 Å². The van der Waals surface area contributed by atoms with Crippen LogP contribution in [0.2, 0.25) is 0 Å². The summed E-state index contributed by atoms with van der Waals surface area (Å²) in [6.45, 7) is 9.12. The SMILES string of the molecule is CCOC(=O)c1ccc(NC(=S)NC2CC(C)CC(C)(C)C2)cc1. The van der Waals surface area contributed by atoms with Gasteiger partial charge in [-0.2, -0.15) is 0 Å². The third-order valence-electron chi connectivity index (χ3n) is 4.38. The Hall–Kier alpha value is -1.62. The normalized spacial score (nSPS) is 22.5. The molecule has 2 rings (SSSR count). The van der Waals surface area contributed by atoms with E-state index in [-0.39, 0.29) is 5.97 Å². The number of benzene rings is 1. The predicted molar refractivity (Wildman–Crippen MR) is 102 cm³/mol. The van der Waals surface area contributed by atoms with E-state index in [4.69, 9.17) is 17.0 Å². The van der Waals surface area contributed by atoms with Crippen LogP contribution in [0.1, 0.15) is 57.3 Å². The molecule has 1 saturated carbocycles. The van der Waals surface area contributed by atoms with E-state index in [0.717, 1.165) is 18.5 Å². The Morgan fingerprint density at radius 1 is 1.29 bits per heavy atom. The molecule has 1 aromatic rings. The molecule has 1 fully saturated rings. The van der Waals surface area contributed by atoms with Gasteiger partial charge in [0.1, 0.15) is 0 Å². The van der Waals surface area contributed by atoms with Crippen LogP contribution in [0.15, 0.2) is 24.3 Å². The van der Waals surface area contributed by atoms with Crippen LogP contribution >= 0.6 is 12.2 Å². The van der Waals surface area contributed by atoms with Crippen molar-refractivity contribution in [2.45, 2.75) is 53.0 Å². The summed E-state index contributed by atoms with van der Waals surface area (Å²) in [7, 11) is 0. The summed E-state index contributed by atoms with van der Waals surface area (Å²) >= 11 is 5.44. The van der Waals surface area contributed by atoms with Crippen LogP contribution in [0.4, 0.5) is 5.69 Å². The van der Waals surface area contributed by atoms with E-state index in [1.54, 1.807) is 19.1 Å². The van der Waals surface area contributed by atoms with E-state index in [1.807, 2.05) is 12.1 Å². The highest BCUT2D eigenvalue weighted by molar-refractivity contribution is 7.80. The molecular weight excluding hydrogens is 320 g/mol. The number of nitrogens with one attached hydrogen (secondary N) is 2. The maximum atomic E-state index is 11.7. The fourth-order valence-electron chi connectivity index (χ4n) is 3.71. The van der Waals surface area contributed by atoms with Crippen LogP contribution in [0.3, 0.4) is 0 Å². The maximum absolute atomic E-state index is 11.7. The van der Waals surface area contributed by atoms with Crippen LogP contribution in [0, 0.1) is 11.3 Å². The van der Waals surface area contributed by atoms with Crippen molar-refractivity contribution in [1.29, 1.82) is 0 Å². The molecule has 0 heterocycles. The summed E-state index contributed by atoms with van der Waals surface area (Å²) in [6.07, 6.45) is 3.54. The van der Waals surface area contributed by atoms with E-state index in [9.17, 15) is 4.79 Å². The number of carbonyl (C=O) groups excluding carboxylic acids is 1. The van der Waals surface area contributed by atoms with Crippen LogP contribution in [0.5, 0.6) is 0 Å². The van der Waals surface area contributed by atoms with Crippen LogP contribution in [0.25, 0.3) is 0 Å². The Kier molecular flexibility index (Phi) is 6.21. The molecule has 2 unspecified atom stereocenters. The van der Waals surface area contributed by atoms with E-state index in [2.05, 4.69) is 31.4 Å². The molecule has 1 aliphatic carbocycles. The number of ether oxygens (including phenoxy) is 1. The monoisotopic (exact) mass is 348 g/mol. The van der Waals surface area contributed by atoms with E-state index >= 15 is 0 Å². The quantitative estimate of drug-likeness (QED) is 0.625. The molecule has 2 atom stereocenters.